The fraction of sp³-hybridized carbons (Fsp3) is 0.250. The molecule has 1 radical (unpaired) electrons. The van der Waals surface area contributed by atoms with Gasteiger partial charge in [0.2, 0.25) is 0 Å². The average molecular weight is 210 g/mol. The zero-order chi connectivity index (χ0) is 6.53. The van der Waals surface area contributed by atoms with Crippen LogP contribution in [-0.2, 0) is 32.7 Å². The van der Waals surface area contributed by atoms with Crippen molar-refractivity contribution >= 4 is 0 Å². The fourth-order valence-electron chi connectivity index (χ4n) is 0.634. The largest absolute Gasteiger partial charge is 0.519 e. The summed E-state index contributed by atoms with van der Waals surface area (Å²) in [6.45, 7) is 2.70. The van der Waals surface area contributed by atoms with Crippen LogP contribution in [0.3, 0.4) is 0 Å². The van der Waals surface area contributed by atoms with Crippen LogP contribution < -0.4 is 4.74 Å². The molecule has 1 nitrogen and oxygen atoms in total. The maximum Gasteiger partial charge on any atom is 0.0822 e. The third-order valence-electron chi connectivity index (χ3n) is 0.999. The van der Waals surface area contributed by atoms with Gasteiger partial charge in [0.1, 0.15) is 0 Å². The molecule has 0 saturated heterocycles. The summed E-state index contributed by atoms with van der Waals surface area (Å²) in [4.78, 5) is 0. The van der Waals surface area contributed by atoms with Crippen molar-refractivity contribution in [2.24, 2.45) is 0 Å². The molecule has 0 atom stereocenters. The van der Waals surface area contributed by atoms with Gasteiger partial charge in [0.25, 0.3) is 0 Å². The Morgan fingerprint density at radius 2 is 2.00 bits per heavy atom. The van der Waals surface area contributed by atoms with E-state index in [-0.39, 0.29) is 32.7 Å². The fourth-order valence-corrected chi connectivity index (χ4v) is 0.634. The molecule has 0 aromatic heterocycles. The second kappa shape index (κ2) is 5.88. The first-order valence-corrected chi connectivity index (χ1v) is 3.02. The zero-order valence-corrected chi connectivity index (χ0v) is 8.84. The first-order chi connectivity index (χ1) is 4.43. The molecule has 1 rings (SSSR count). The molecule has 10 heavy (non-hydrogen) atoms. The third-order valence-corrected chi connectivity index (χ3v) is 0.999. The molecule has 51 valence electrons. The second-order valence-corrected chi connectivity index (χ2v) is 1.67. The van der Waals surface area contributed by atoms with Crippen molar-refractivity contribution in [2.75, 3.05) is 6.61 Å². The summed E-state index contributed by atoms with van der Waals surface area (Å²) >= 11 is 0. The summed E-state index contributed by atoms with van der Waals surface area (Å²) in [7, 11) is 0. The monoisotopic (exact) mass is 210 g/mol. The quantitative estimate of drug-likeness (QED) is 0.677. The smallest absolute Gasteiger partial charge is 0.0822 e. The van der Waals surface area contributed by atoms with Gasteiger partial charge in [-0.15, -0.1) is 12.1 Å². The van der Waals surface area contributed by atoms with Crippen molar-refractivity contribution < 1.29 is 37.4 Å². The van der Waals surface area contributed by atoms with E-state index in [0.717, 1.165) is 12.4 Å². The van der Waals surface area contributed by atoms with E-state index in [1.165, 1.54) is 0 Å². The molecule has 0 heterocycles. The maximum atomic E-state index is 5.19. The van der Waals surface area contributed by atoms with E-state index in [2.05, 4.69) is 6.07 Å². The molecule has 0 spiro atoms. The Morgan fingerprint density at radius 1 is 1.40 bits per heavy atom. The predicted molar refractivity (Wildman–Crippen MR) is 36.4 cm³/mol. The van der Waals surface area contributed by atoms with Crippen molar-refractivity contribution in [1.29, 1.82) is 0 Å². The van der Waals surface area contributed by atoms with Gasteiger partial charge in [-0.2, -0.15) is 18.2 Å². The molecule has 2 heteroatoms. The Kier molecular flexibility index (Phi) is 5.95. The van der Waals surface area contributed by atoms with Crippen molar-refractivity contribution in [3.05, 3.63) is 30.3 Å². The van der Waals surface area contributed by atoms with Gasteiger partial charge in [0, 0.05) is 38.5 Å². The first-order valence-electron chi connectivity index (χ1n) is 3.02. The van der Waals surface area contributed by atoms with Crippen molar-refractivity contribution in [3.8, 4) is 5.75 Å². The molecule has 1 aromatic carbocycles. The molecule has 0 aliphatic heterocycles. The number of benzene rings is 1. The van der Waals surface area contributed by atoms with E-state index in [1.54, 1.807) is 0 Å². The number of hydrogen-bond acceptors (Lipinski definition) is 1. The number of hydrogen-bond donors (Lipinski definition) is 0. The van der Waals surface area contributed by atoms with E-state index in [1.807, 2.05) is 31.2 Å². The Morgan fingerprint density at radius 3 is 2.50 bits per heavy atom. The topological polar surface area (TPSA) is 9.23 Å². The summed E-state index contributed by atoms with van der Waals surface area (Å²) in [5.41, 5.74) is 0. The van der Waals surface area contributed by atoms with Crippen LogP contribution in [0.4, 0.5) is 0 Å². The molecule has 0 unspecified atom stereocenters. The maximum absolute atomic E-state index is 5.19. The average Bonchev–Trinajstić information content (AvgIpc) is 1.91. The number of ether oxygens (including phenoxy) is 1. The van der Waals surface area contributed by atoms with Gasteiger partial charge in [0.15, 0.2) is 0 Å². The first kappa shape index (κ1) is 10.1. The van der Waals surface area contributed by atoms with Crippen LogP contribution >= 0.6 is 0 Å². The van der Waals surface area contributed by atoms with Gasteiger partial charge < -0.3 is 4.74 Å². The summed E-state index contributed by atoms with van der Waals surface area (Å²) in [6, 6.07) is 10.4. The predicted octanol–water partition coefficient (Wildman–Crippen LogP) is 1.88. The Bertz CT molecular complexity index is 162. The summed E-state index contributed by atoms with van der Waals surface area (Å²) < 4.78 is 5.19. The van der Waals surface area contributed by atoms with Crippen molar-refractivity contribution in [2.45, 2.75) is 6.92 Å². The van der Waals surface area contributed by atoms with Crippen LogP contribution in [0.2, 0.25) is 0 Å². The Balaban J connectivity index is 0.000000810. The third kappa shape index (κ3) is 3.33. The van der Waals surface area contributed by atoms with Crippen LogP contribution in [0, 0.1) is 6.07 Å². The normalized spacial score (nSPS) is 8.10. The van der Waals surface area contributed by atoms with Gasteiger partial charge in [-0.25, -0.2) is 0 Å². The summed E-state index contributed by atoms with van der Waals surface area (Å²) in [5, 5.41) is 0. The zero-order valence-electron chi connectivity index (χ0n) is 6.00. The molecule has 0 aliphatic carbocycles. The van der Waals surface area contributed by atoms with Gasteiger partial charge >= 0.3 is 0 Å². The van der Waals surface area contributed by atoms with Crippen molar-refractivity contribution in [3.63, 3.8) is 0 Å². The Hall–Kier alpha value is 0.124. The standard InChI is InChI=1S/C8H9O.Y/c1-2-9-8-6-4-3-5-7-8;/h4-7H,2H2,1H3;/q-1;. The molecule has 0 bridgehead atoms. The van der Waals surface area contributed by atoms with Crippen LogP contribution in [0.1, 0.15) is 6.92 Å². The molecule has 1 aromatic rings. The van der Waals surface area contributed by atoms with E-state index in [0.29, 0.717) is 0 Å². The minimum absolute atomic E-state index is 0. The molecular weight excluding hydrogens is 201 g/mol. The van der Waals surface area contributed by atoms with Gasteiger partial charge in [-0.3, -0.25) is 0 Å². The van der Waals surface area contributed by atoms with Gasteiger partial charge in [0.05, 0.1) is 6.61 Å². The van der Waals surface area contributed by atoms with E-state index < -0.39 is 0 Å². The van der Waals surface area contributed by atoms with Crippen LogP contribution in [-0.4, -0.2) is 6.61 Å². The van der Waals surface area contributed by atoms with Crippen LogP contribution in [0.5, 0.6) is 5.75 Å². The van der Waals surface area contributed by atoms with Gasteiger partial charge in [-0.1, -0.05) is 0 Å². The summed E-state index contributed by atoms with van der Waals surface area (Å²) in [6.07, 6.45) is 0. The number of rotatable bonds is 2. The van der Waals surface area contributed by atoms with Crippen LogP contribution in [0.15, 0.2) is 24.3 Å². The van der Waals surface area contributed by atoms with E-state index in [9.17, 15) is 0 Å². The Labute approximate surface area is 86.7 Å². The molecule has 0 N–H and O–H groups in total. The van der Waals surface area contributed by atoms with Gasteiger partial charge in [-0.05, 0) is 6.92 Å². The SMILES string of the molecule is CCOc1cc[c-]cc1.[Y]. The molecule has 0 saturated carbocycles. The molecule has 0 aliphatic rings. The molecule has 0 amide bonds. The van der Waals surface area contributed by atoms with Crippen molar-refractivity contribution in [1.82, 2.24) is 0 Å². The summed E-state index contributed by atoms with van der Waals surface area (Å²) in [5.74, 6) is 0.913. The minimum atomic E-state index is 0. The van der Waals surface area contributed by atoms with Crippen LogP contribution in [0.25, 0.3) is 0 Å². The molecular formula is C8H9OY-. The second-order valence-electron chi connectivity index (χ2n) is 1.67. The minimum Gasteiger partial charge on any atom is -0.519 e. The van der Waals surface area contributed by atoms with E-state index >= 15 is 0 Å². The van der Waals surface area contributed by atoms with E-state index in [4.69, 9.17) is 4.74 Å². The molecule has 0 fully saturated rings.